The van der Waals surface area contributed by atoms with E-state index in [0.29, 0.717) is 11.3 Å². The molecule has 0 spiro atoms. The standard InChI is InChI=1S/C18H14BF2NO/c20-19(21)22(17-8-2-1-3-9-17)13-16-11-10-15(12-18(16)23-19)14-6-4-5-7-14/h1-6,8-13H,7H2. The molecule has 2 aromatic rings. The van der Waals surface area contributed by atoms with Gasteiger partial charge in [-0.25, -0.2) is 0 Å². The van der Waals surface area contributed by atoms with Crippen molar-refractivity contribution >= 4 is 24.5 Å². The molecular weight excluding hydrogens is 295 g/mol. The summed E-state index contributed by atoms with van der Waals surface area (Å²) in [5.74, 6) is 0.229. The monoisotopic (exact) mass is 309 g/mol. The Bertz CT molecular complexity index is 857. The molecule has 2 nitrogen and oxygen atoms in total. The van der Waals surface area contributed by atoms with E-state index in [-0.39, 0.29) is 5.75 Å². The van der Waals surface area contributed by atoms with E-state index >= 15 is 0 Å². The molecule has 23 heavy (non-hydrogen) atoms. The maximum atomic E-state index is 14.5. The molecule has 0 unspecified atom stereocenters. The van der Waals surface area contributed by atoms with Crippen LogP contribution in [0.15, 0.2) is 66.8 Å². The Morgan fingerprint density at radius 1 is 1.04 bits per heavy atom. The largest absolute Gasteiger partial charge is 0.834 e. The fourth-order valence-corrected chi connectivity index (χ4v) is 2.90. The van der Waals surface area contributed by atoms with E-state index < -0.39 is 7.04 Å². The second kappa shape index (κ2) is 5.20. The third-order valence-corrected chi connectivity index (χ3v) is 4.08. The average molecular weight is 309 g/mol. The van der Waals surface area contributed by atoms with E-state index in [1.54, 1.807) is 36.4 Å². The van der Waals surface area contributed by atoms with Crippen molar-refractivity contribution in [1.29, 1.82) is 0 Å². The lowest BCUT2D eigenvalue weighted by atomic mass is 9.96. The summed E-state index contributed by atoms with van der Waals surface area (Å²) in [6.45, 7) is 0. The minimum absolute atomic E-state index is 0.229. The van der Waals surface area contributed by atoms with Gasteiger partial charge in [0.15, 0.2) is 5.69 Å². The SMILES string of the molecule is F[B-]1(F)Oc2cc(C3=CC=CC3)ccc2C=[N+]1c1ccccc1. The van der Waals surface area contributed by atoms with Crippen LogP contribution in [0.1, 0.15) is 17.5 Å². The van der Waals surface area contributed by atoms with Gasteiger partial charge in [-0.15, -0.1) is 0 Å². The minimum atomic E-state index is -4.15. The summed E-state index contributed by atoms with van der Waals surface area (Å²) < 4.78 is 34.9. The zero-order valence-electron chi connectivity index (χ0n) is 12.3. The zero-order chi connectivity index (χ0) is 15.9. The van der Waals surface area contributed by atoms with Crippen molar-refractivity contribution in [3.8, 4) is 5.75 Å². The molecule has 0 bridgehead atoms. The molecule has 0 atom stereocenters. The number of fused-ring (bicyclic) bond motifs is 1. The normalized spacial score (nSPS) is 18.0. The third kappa shape index (κ3) is 2.48. The van der Waals surface area contributed by atoms with E-state index in [0.717, 1.165) is 22.0 Å². The van der Waals surface area contributed by atoms with Crippen LogP contribution in [0.25, 0.3) is 5.57 Å². The van der Waals surface area contributed by atoms with Crippen LogP contribution >= 0.6 is 0 Å². The summed E-state index contributed by atoms with van der Waals surface area (Å²) in [5.41, 5.74) is 3.09. The number of hydrogen-bond donors (Lipinski definition) is 0. The molecule has 4 rings (SSSR count). The quantitative estimate of drug-likeness (QED) is 0.741. The van der Waals surface area contributed by atoms with Gasteiger partial charge >= 0.3 is 7.04 Å². The van der Waals surface area contributed by atoms with Crippen LogP contribution in [-0.2, 0) is 0 Å². The van der Waals surface area contributed by atoms with Gasteiger partial charge in [0.1, 0.15) is 6.21 Å². The Morgan fingerprint density at radius 3 is 2.61 bits per heavy atom. The molecule has 0 fully saturated rings. The van der Waals surface area contributed by atoms with Crippen molar-refractivity contribution in [2.45, 2.75) is 6.42 Å². The van der Waals surface area contributed by atoms with Gasteiger partial charge in [0.05, 0.1) is 11.3 Å². The Morgan fingerprint density at radius 2 is 1.87 bits per heavy atom. The number of nitrogens with zero attached hydrogens (tertiary/aromatic N) is 1. The highest BCUT2D eigenvalue weighted by Gasteiger charge is 2.50. The maximum Gasteiger partial charge on any atom is 0.834 e. The molecule has 1 aliphatic heterocycles. The van der Waals surface area contributed by atoms with E-state index in [1.807, 2.05) is 30.4 Å². The summed E-state index contributed by atoms with van der Waals surface area (Å²) in [5, 5.41) is 0. The molecule has 0 N–H and O–H groups in total. The van der Waals surface area contributed by atoms with Crippen molar-refractivity contribution in [3.05, 3.63) is 77.9 Å². The molecule has 0 saturated carbocycles. The van der Waals surface area contributed by atoms with Gasteiger partial charge in [0.2, 0.25) is 0 Å². The van der Waals surface area contributed by atoms with Gasteiger partial charge in [-0.05, 0) is 29.7 Å². The molecule has 0 radical (unpaired) electrons. The zero-order valence-corrected chi connectivity index (χ0v) is 12.3. The highest BCUT2D eigenvalue weighted by Crippen LogP contribution is 2.34. The first-order valence-corrected chi connectivity index (χ1v) is 7.52. The summed E-state index contributed by atoms with van der Waals surface area (Å²) in [7, 11) is -4.15. The van der Waals surface area contributed by atoms with E-state index in [4.69, 9.17) is 4.65 Å². The van der Waals surface area contributed by atoms with Crippen molar-refractivity contribution < 1.29 is 17.8 Å². The van der Waals surface area contributed by atoms with Crippen LogP contribution in [-0.4, -0.2) is 17.7 Å². The summed E-state index contributed by atoms with van der Waals surface area (Å²) >= 11 is 0. The molecule has 0 saturated heterocycles. The first-order chi connectivity index (χ1) is 11.1. The van der Waals surface area contributed by atoms with Crippen LogP contribution in [0.5, 0.6) is 5.75 Å². The number of allylic oxidation sites excluding steroid dienone is 4. The fraction of sp³-hybridized carbons (Fsp3) is 0.0556. The summed E-state index contributed by atoms with van der Waals surface area (Å²) in [6, 6.07) is 14.0. The van der Waals surface area contributed by atoms with Crippen molar-refractivity contribution in [1.82, 2.24) is 0 Å². The van der Waals surface area contributed by atoms with Gasteiger partial charge in [-0.3, -0.25) is 0 Å². The number of hydrogen-bond acceptors (Lipinski definition) is 1. The highest BCUT2D eigenvalue weighted by atomic mass is 19.3. The van der Waals surface area contributed by atoms with Crippen LogP contribution in [0, 0.1) is 0 Å². The second-order valence-corrected chi connectivity index (χ2v) is 5.63. The summed E-state index contributed by atoms with van der Waals surface area (Å²) in [4.78, 5) is 0. The number of halogens is 2. The van der Waals surface area contributed by atoms with Crippen molar-refractivity contribution in [3.63, 3.8) is 0 Å². The molecule has 1 aliphatic carbocycles. The maximum absolute atomic E-state index is 14.5. The van der Waals surface area contributed by atoms with E-state index in [1.165, 1.54) is 6.21 Å². The van der Waals surface area contributed by atoms with Crippen LogP contribution in [0.2, 0.25) is 0 Å². The second-order valence-electron chi connectivity index (χ2n) is 5.63. The van der Waals surface area contributed by atoms with Crippen LogP contribution in [0.3, 0.4) is 0 Å². The average Bonchev–Trinajstić information content (AvgIpc) is 3.08. The fourth-order valence-electron chi connectivity index (χ4n) is 2.90. The first kappa shape index (κ1) is 13.9. The molecule has 1 heterocycles. The number of para-hydroxylation sites is 1. The van der Waals surface area contributed by atoms with Gasteiger partial charge in [0.25, 0.3) is 0 Å². The predicted octanol–water partition coefficient (Wildman–Crippen LogP) is 4.56. The Labute approximate surface area is 133 Å². The van der Waals surface area contributed by atoms with Crippen LogP contribution in [0.4, 0.5) is 14.3 Å². The molecular formula is C18H14BF2NO. The minimum Gasteiger partial charge on any atom is -0.599 e. The smallest absolute Gasteiger partial charge is 0.599 e. The topological polar surface area (TPSA) is 12.2 Å². The van der Waals surface area contributed by atoms with Gasteiger partial charge in [0, 0.05) is 12.1 Å². The Hall–Kier alpha value is -2.69. The molecule has 2 aliphatic rings. The summed E-state index contributed by atoms with van der Waals surface area (Å²) in [6.07, 6.45) is 8.28. The van der Waals surface area contributed by atoms with Crippen molar-refractivity contribution in [2.24, 2.45) is 0 Å². The predicted molar refractivity (Wildman–Crippen MR) is 88.3 cm³/mol. The number of benzene rings is 2. The third-order valence-electron chi connectivity index (χ3n) is 4.08. The highest BCUT2D eigenvalue weighted by molar-refractivity contribution is 6.53. The lowest BCUT2D eigenvalue weighted by Crippen LogP contribution is -2.46. The van der Waals surface area contributed by atoms with Gasteiger partial charge in [-0.1, -0.05) is 42.5 Å². The lowest BCUT2D eigenvalue weighted by molar-refractivity contribution is -0.343. The lowest BCUT2D eigenvalue weighted by Gasteiger charge is -2.28. The Balaban J connectivity index is 1.78. The van der Waals surface area contributed by atoms with Gasteiger partial charge < -0.3 is 17.8 Å². The van der Waals surface area contributed by atoms with Crippen molar-refractivity contribution in [2.75, 3.05) is 0 Å². The molecule has 0 aromatic heterocycles. The molecule has 114 valence electrons. The number of rotatable bonds is 2. The van der Waals surface area contributed by atoms with E-state index in [9.17, 15) is 8.63 Å². The molecule has 0 amide bonds. The first-order valence-electron chi connectivity index (χ1n) is 7.52. The molecule has 2 aromatic carbocycles. The molecule has 5 heteroatoms. The van der Waals surface area contributed by atoms with E-state index in [2.05, 4.69) is 0 Å². The van der Waals surface area contributed by atoms with Gasteiger partial charge in [-0.2, -0.15) is 0 Å². The van der Waals surface area contributed by atoms with Crippen LogP contribution < -0.4 is 4.65 Å². The Kier molecular flexibility index (Phi) is 3.15.